The van der Waals surface area contributed by atoms with Crippen LogP contribution in [0.15, 0.2) is 22.3 Å². The minimum atomic E-state index is -1.07. The van der Waals surface area contributed by atoms with Gasteiger partial charge in [-0.15, -0.1) is 0 Å². The summed E-state index contributed by atoms with van der Waals surface area (Å²) in [6.07, 6.45) is 1.03. The largest absolute Gasteiger partial charge is 0.0947 e. The van der Waals surface area contributed by atoms with Crippen molar-refractivity contribution >= 4 is 24.0 Å². The van der Waals surface area contributed by atoms with Crippen LogP contribution in [0.3, 0.4) is 0 Å². The molecule has 0 nitrogen and oxygen atoms in total. The van der Waals surface area contributed by atoms with Crippen LogP contribution in [-0.2, 0) is 0 Å². The van der Waals surface area contributed by atoms with Crippen LogP contribution in [0, 0.1) is 0 Å². The van der Waals surface area contributed by atoms with E-state index in [1.807, 2.05) is 0 Å². The van der Waals surface area contributed by atoms with Crippen molar-refractivity contribution in [2.45, 2.75) is 33.0 Å². The zero-order valence-electron chi connectivity index (χ0n) is 7.87. The summed E-state index contributed by atoms with van der Waals surface area (Å²) in [6, 6.07) is 0. The fourth-order valence-electron chi connectivity index (χ4n) is 0.651. The van der Waals surface area contributed by atoms with Crippen LogP contribution >= 0.6 is 15.9 Å². The van der Waals surface area contributed by atoms with Gasteiger partial charge in [0.2, 0.25) is 0 Å². The van der Waals surface area contributed by atoms with Crippen molar-refractivity contribution in [3.63, 3.8) is 0 Å². The average molecular weight is 233 g/mol. The second-order valence-corrected chi connectivity index (χ2v) is 9.69. The van der Waals surface area contributed by atoms with Gasteiger partial charge in [-0.05, 0) is 12.0 Å². The van der Waals surface area contributed by atoms with Gasteiger partial charge in [-0.2, -0.15) is 0 Å². The maximum absolute atomic E-state index is 3.96. The lowest BCUT2D eigenvalue weighted by atomic mass is 10.2. The lowest BCUT2D eigenvalue weighted by Crippen LogP contribution is -2.16. The molecule has 0 bridgehead atoms. The maximum Gasteiger partial charge on any atom is 0.0701 e. The Morgan fingerprint density at radius 2 is 1.91 bits per heavy atom. The summed E-state index contributed by atoms with van der Waals surface area (Å²) in [5.41, 5.74) is 3.53. The molecular weight excluding hydrogens is 216 g/mol. The normalized spacial score (nSPS) is 13.4. The molecule has 0 radical (unpaired) electrons. The molecule has 0 aliphatic rings. The van der Waals surface area contributed by atoms with Gasteiger partial charge in [-0.3, -0.25) is 0 Å². The summed E-state index contributed by atoms with van der Waals surface area (Å²) in [6.45, 7) is 13.0. The standard InChI is InChI=1S/C9H17BrSi/c1-6-8(2)9(10)7-11(3,4)5/h7H,2,6H2,1,3-5H3/b9-7-. The molecule has 0 saturated heterocycles. The Labute approximate surface area is 79.5 Å². The Kier molecular flexibility index (Phi) is 4.33. The predicted molar refractivity (Wildman–Crippen MR) is 59.8 cm³/mol. The van der Waals surface area contributed by atoms with Crippen molar-refractivity contribution in [3.05, 3.63) is 22.3 Å². The van der Waals surface area contributed by atoms with Crippen LogP contribution in [0.1, 0.15) is 13.3 Å². The van der Waals surface area contributed by atoms with Crippen LogP contribution in [0.4, 0.5) is 0 Å². The third-order valence-corrected chi connectivity index (χ3v) is 3.69. The first-order chi connectivity index (χ1) is 4.87. The van der Waals surface area contributed by atoms with Crippen molar-refractivity contribution in [3.8, 4) is 0 Å². The van der Waals surface area contributed by atoms with E-state index in [4.69, 9.17) is 0 Å². The van der Waals surface area contributed by atoms with Crippen LogP contribution in [0.25, 0.3) is 0 Å². The first-order valence-corrected chi connectivity index (χ1v) is 8.30. The van der Waals surface area contributed by atoms with Crippen LogP contribution in [0.2, 0.25) is 19.6 Å². The van der Waals surface area contributed by atoms with Gasteiger partial charge in [0.05, 0.1) is 8.07 Å². The fraction of sp³-hybridized carbons (Fsp3) is 0.556. The SMILES string of the molecule is C=C(CC)/C(Br)=C/[Si](C)(C)C. The van der Waals surface area contributed by atoms with E-state index in [2.05, 4.69) is 54.8 Å². The molecule has 0 aromatic carbocycles. The molecule has 0 N–H and O–H groups in total. The molecule has 0 amide bonds. The molecule has 0 unspecified atom stereocenters. The number of rotatable bonds is 3. The molecule has 0 aliphatic carbocycles. The summed E-state index contributed by atoms with van der Waals surface area (Å²) in [5, 5.41) is 0. The zero-order valence-corrected chi connectivity index (χ0v) is 10.5. The first-order valence-electron chi connectivity index (χ1n) is 3.93. The Hall–Kier alpha value is 0.177. The molecule has 0 aliphatic heterocycles. The average Bonchev–Trinajstić information content (AvgIpc) is 1.82. The van der Waals surface area contributed by atoms with Gasteiger partial charge in [-0.1, -0.05) is 54.8 Å². The van der Waals surface area contributed by atoms with Crippen LogP contribution in [-0.4, -0.2) is 8.07 Å². The van der Waals surface area contributed by atoms with Crippen molar-refractivity contribution in [2.24, 2.45) is 0 Å². The molecule has 0 aromatic rings. The lowest BCUT2D eigenvalue weighted by molar-refractivity contribution is 1.15. The van der Waals surface area contributed by atoms with Crippen molar-refractivity contribution < 1.29 is 0 Å². The van der Waals surface area contributed by atoms with Gasteiger partial charge in [-0.25, -0.2) is 0 Å². The Balaban J connectivity index is 4.34. The molecule has 0 fully saturated rings. The second kappa shape index (κ2) is 4.26. The van der Waals surface area contributed by atoms with E-state index >= 15 is 0 Å². The highest BCUT2D eigenvalue weighted by molar-refractivity contribution is 9.12. The molecule has 11 heavy (non-hydrogen) atoms. The minimum absolute atomic E-state index is 1.03. The zero-order chi connectivity index (χ0) is 9.07. The van der Waals surface area contributed by atoms with E-state index in [0.29, 0.717) is 0 Å². The molecule has 0 saturated carbocycles. The van der Waals surface area contributed by atoms with Gasteiger partial charge in [0.25, 0.3) is 0 Å². The van der Waals surface area contributed by atoms with Gasteiger partial charge in [0.15, 0.2) is 0 Å². The Morgan fingerprint density at radius 3 is 2.18 bits per heavy atom. The van der Waals surface area contributed by atoms with Crippen molar-refractivity contribution in [1.82, 2.24) is 0 Å². The third-order valence-electron chi connectivity index (χ3n) is 1.32. The topological polar surface area (TPSA) is 0 Å². The summed E-state index contributed by atoms with van der Waals surface area (Å²) >= 11 is 3.54. The van der Waals surface area contributed by atoms with Crippen LogP contribution in [0.5, 0.6) is 0 Å². The van der Waals surface area contributed by atoms with E-state index in [1.165, 1.54) is 10.1 Å². The highest BCUT2D eigenvalue weighted by atomic mass is 79.9. The fourth-order valence-corrected chi connectivity index (χ4v) is 3.96. The van der Waals surface area contributed by atoms with E-state index in [1.54, 1.807) is 0 Å². The van der Waals surface area contributed by atoms with E-state index in [9.17, 15) is 0 Å². The Bertz CT molecular complexity index is 174. The summed E-state index contributed by atoms with van der Waals surface area (Å²) in [7, 11) is -1.07. The van der Waals surface area contributed by atoms with Gasteiger partial charge in [0.1, 0.15) is 0 Å². The monoisotopic (exact) mass is 232 g/mol. The van der Waals surface area contributed by atoms with Crippen molar-refractivity contribution in [1.29, 1.82) is 0 Å². The van der Waals surface area contributed by atoms with Gasteiger partial charge < -0.3 is 0 Å². The molecule has 0 rings (SSSR count). The Morgan fingerprint density at radius 1 is 1.45 bits per heavy atom. The molecule has 2 heteroatoms. The molecule has 64 valence electrons. The highest BCUT2D eigenvalue weighted by Gasteiger charge is 2.10. The number of hydrogen-bond acceptors (Lipinski definition) is 0. The lowest BCUT2D eigenvalue weighted by Gasteiger charge is -2.11. The molecular formula is C9H17BrSi. The molecule has 0 spiro atoms. The smallest absolute Gasteiger partial charge is 0.0701 e. The third kappa shape index (κ3) is 5.45. The van der Waals surface area contributed by atoms with Gasteiger partial charge in [0, 0.05) is 4.48 Å². The second-order valence-electron chi connectivity index (χ2n) is 3.82. The number of halogens is 1. The van der Waals surface area contributed by atoms with Gasteiger partial charge >= 0.3 is 0 Å². The maximum atomic E-state index is 3.96. The summed E-state index contributed by atoms with van der Waals surface area (Å²) in [5.74, 6) is 0. The molecule has 0 atom stereocenters. The van der Waals surface area contributed by atoms with E-state index in [0.717, 1.165) is 6.42 Å². The number of allylic oxidation sites excluding steroid dienone is 2. The van der Waals surface area contributed by atoms with Crippen LogP contribution < -0.4 is 0 Å². The first kappa shape index (κ1) is 11.2. The summed E-state index contributed by atoms with van der Waals surface area (Å²) < 4.78 is 1.21. The molecule has 0 aromatic heterocycles. The molecule has 0 heterocycles. The highest BCUT2D eigenvalue weighted by Crippen LogP contribution is 2.21. The predicted octanol–water partition coefficient (Wildman–Crippen LogP) is 4.11. The summed E-state index contributed by atoms with van der Waals surface area (Å²) in [4.78, 5) is 0. The van der Waals surface area contributed by atoms with Crippen molar-refractivity contribution in [2.75, 3.05) is 0 Å². The van der Waals surface area contributed by atoms with E-state index in [-0.39, 0.29) is 0 Å². The quantitative estimate of drug-likeness (QED) is 0.508. The minimum Gasteiger partial charge on any atom is -0.0947 e. The number of hydrogen-bond donors (Lipinski definition) is 0. The van der Waals surface area contributed by atoms with E-state index < -0.39 is 8.07 Å².